The molecule has 1 aromatic rings. The number of carbonyl (C=O) groups is 5. The molecule has 4 amide bonds. The minimum atomic E-state index is -1.64. The van der Waals surface area contributed by atoms with Crippen LogP contribution in [0.25, 0.3) is 0 Å². The Kier molecular flexibility index (Phi) is 13.6. The fraction of sp³-hybridized carbons (Fsp3) is 0.577. The van der Waals surface area contributed by atoms with E-state index in [-0.39, 0.29) is 25.9 Å². The summed E-state index contributed by atoms with van der Waals surface area (Å²) in [6, 6.07) is 5.41. The SMILES string of the molecule is CC[C@H](NC(=O)CO[C@H]1[C@H](O)[C@@H](CO)OC(O)[C@@H]1NC(C)=O)C(=O)N[C@H](CCC(=O)OCc1ccccc1)C(N)=O. The number of benzene rings is 1. The summed E-state index contributed by atoms with van der Waals surface area (Å²) in [5.41, 5.74) is 6.17. The minimum absolute atomic E-state index is 0.0510. The molecule has 0 aliphatic carbocycles. The molecule has 0 saturated carbocycles. The lowest BCUT2D eigenvalue weighted by Crippen LogP contribution is -2.65. The molecule has 0 spiro atoms. The molecule has 0 bridgehead atoms. The van der Waals surface area contributed by atoms with Crippen LogP contribution in [0.1, 0.15) is 38.7 Å². The quantitative estimate of drug-likeness (QED) is 0.105. The van der Waals surface area contributed by atoms with Gasteiger partial charge in [0.15, 0.2) is 6.29 Å². The van der Waals surface area contributed by atoms with Crippen molar-refractivity contribution in [2.45, 2.75) is 82.4 Å². The number of aliphatic hydroxyl groups is 3. The molecule has 2 rings (SSSR count). The third-order valence-corrected chi connectivity index (χ3v) is 6.25. The first-order chi connectivity index (χ1) is 19.5. The summed E-state index contributed by atoms with van der Waals surface area (Å²) in [7, 11) is 0. The highest BCUT2D eigenvalue weighted by Crippen LogP contribution is 2.22. The first-order valence-electron chi connectivity index (χ1n) is 13.1. The molecule has 1 heterocycles. The van der Waals surface area contributed by atoms with Gasteiger partial charge in [0.25, 0.3) is 0 Å². The Hall–Kier alpha value is -3.63. The second-order valence-corrected chi connectivity index (χ2v) is 9.42. The first kappa shape index (κ1) is 33.6. The predicted octanol–water partition coefficient (Wildman–Crippen LogP) is -2.66. The number of aliphatic hydroxyl groups excluding tert-OH is 3. The zero-order chi connectivity index (χ0) is 30.5. The molecule has 8 N–H and O–H groups in total. The lowest BCUT2D eigenvalue weighted by molar-refractivity contribution is -0.261. The van der Waals surface area contributed by atoms with Gasteiger partial charge in [0, 0.05) is 13.3 Å². The van der Waals surface area contributed by atoms with Gasteiger partial charge >= 0.3 is 5.97 Å². The number of amides is 4. The Morgan fingerprint density at radius 2 is 1.76 bits per heavy atom. The maximum Gasteiger partial charge on any atom is 0.306 e. The van der Waals surface area contributed by atoms with Gasteiger partial charge in [-0.15, -0.1) is 0 Å². The standard InChI is InChI=1S/C26H38N4O11/c1-3-16(25(37)30-17(24(27)36)9-10-20(34)39-12-15-7-5-4-6-8-15)29-19(33)13-40-23-21(28-14(2)32)26(38)41-18(11-31)22(23)35/h4-8,16-18,21-23,26,31,35,38H,3,9-13H2,1-2H3,(H2,27,36)(H,28,32)(H,29,33)(H,30,37)/t16-,17+,18+,21+,22+,23+,26?/m0/s1. The zero-order valence-electron chi connectivity index (χ0n) is 22.9. The fourth-order valence-corrected chi connectivity index (χ4v) is 4.06. The smallest absolute Gasteiger partial charge is 0.306 e. The van der Waals surface area contributed by atoms with Crippen molar-refractivity contribution in [3.05, 3.63) is 35.9 Å². The number of nitrogens with one attached hydrogen (secondary N) is 3. The van der Waals surface area contributed by atoms with E-state index in [4.69, 9.17) is 19.9 Å². The summed E-state index contributed by atoms with van der Waals surface area (Å²) in [6.45, 7) is 1.45. The van der Waals surface area contributed by atoms with Crippen LogP contribution in [0, 0.1) is 0 Å². The molecular formula is C26H38N4O11. The molecule has 228 valence electrons. The topological polar surface area (TPSA) is 236 Å². The number of carbonyl (C=O) groups excluding carboxylic acids is 5. The Morgan fingerprint density at radius 3 is 2.34 bits per heavy atom. The Labute approximate surface area is 236 Å². The summed E-state index contributed by atoms with van der Waals surface area (Å²) in [6.07, 6.45) is -5.91. The summed E-state index contributed by atoms with van der Waals surface area (Å²) in [5, 5.41) is 37.2. The van der Waals surface area contributed by atoms with E-state index in [1.54, 1.807) is 31.2 Å². The van der Waals surface area contributed by atoms with Gasteiger partial charge in [-0.3, -0.25) is 24.0 Å². The minimum Gasteiger partial charge on any atom is -0.461 e. The van der Waals surface area contributed by atoms with Gasteiger partial charge in [-0.25, -0.2) is 0 Å². The van der Waals surface area contributed by atoms with E-state index in [0.29, 0.717) is 0 Å². The lowest BCUT2D eigenvalue weighted by atomic mass is 9.96. The normalized spacial score (nSPS) is 23.5. The number of rotatable bonds is 15. The van der Waals surface area contributed by atoms with E-state index in [0.717, 1.165) is 5.56 Å². The van der Waals surface area contributed by atoms with E-state index in [1.165, 1.54) is 6.92 Å². The largest absolute Gasteiger partial charge is 0.461 e. The van der Waals surface area contributed by atoms with Gasteiger partial charge in [0.1, 0.15) is 49.7 Å². The summed E-state index contributed by atoms with van der Waals surface area (Å²) < 4.78 is 15.7. The van der Waals surface area contributed by atoms with Gasteiger partial charge < -0.3 is 51.2 Å². The van der Waals surface area contributed by atoms with Crippen LogP contribution in [0.15, 0.2) is 30.3 Å². The molecule has 1 aliphatic heterocycles. The number of esters is 1. The average Bonchev–Trinajstić information content (AvgIpc) is 2.94. The van der Waals surface area contributed by atoms with Crippen LogP contribution in [-0.2, 0) is 44.8 Å². The number of ether oxygens (including phenoxy) is 3. The highest BCUT2D eigenvalue weighted by molar-refractivity contribution is 5.92. The molecule has 1 aliphatic rings. The first-order valence-corrected chi connectivity index (χ1v) is 13.1. The monoisotopic (exact) mass is 582 g/mol. The van der Waals surface area contributed by atoms with Crippen molar-refractivity contribution in [2.24, 2.45) is 5.73 Å². The van der Waals surface area contributed by atoms with Crippen LogP contribution >= 0.6 is 0 Å². The molecule has 1 aromatic carbocycles. The maximum absolute atomic E-state index is 12.8. The molecule has 15 heteroatoms. The third kappa shape index (κ3) is 10.7. The van der Waals surface area contributed by atoms with Crippen LogP contribution < -0.4 is 21.7 Å². The summed E-state index contributed by atoms with van der Waals surface area (Å²) in [4.78, 5) is 60.9. The van der Waals surface area contributed by atoms with Crippen LogP contribution in [0.5, 0.6) is 0 Å². The highest BCUT2D eigenvalue weighted by Gasteiger charge is 2.46. The molecular weight excluding hydrogens is 544 g/mol. The third-order valence-electron chi connectivity index (χ3n) is 6.25. The highest BCUT2D eigenvalue weighted by atomic mass is 16.6. The van der Waals surface area contributed by atoms with E-state index in [9.17, 15) is 39.3 Å². The number of primary amides is 1. The van der Waals surface area contributed by atoms with Crippen molar-refractivity contribution in [2.75, 3.05) is 13.2 Å². The molecule has 0 radical (unpaired) electrons. The van der Waals surface area contributed by atoms with Crippen LogP contribution in [0.3, 0.4) is 0 Å². The van der Waals surface area contributed by atoms with Crippen LogP contribution in [-0.4, -0.2) is 101 Å². The fourth-order valence-electron chi connectivity index (χ4n) is 4.06. The van der Waals surface area contributed by atoms with Crippen molar-refractivity contribution in [1.82, 2.24) is 16.0 Å². The lowest BCUT2D eigenvalue weighted by Gasteiger charge is -2.42. The van der Waals surface area contributed by atoms with Crippen molar-refractivity contribution < 1.29 is 53.5 Å². The van der Waals surface area contributed by atoms with Gasteiger partial charge in [-0.2, -0.15) is 0 Å². The van der Waals surface area contributed by atoms with E-state index < -0.39 is 85.5 Å². The van der Waals surface area contributed by atoms with E-state index >= 15 is 0 Å². The number of hydrogen-bond donors (Lipinski definition) is 7. The molecule has 0 aromatic heterocycles. The van der Waals surface area contributed by atoms with Crippen molar-refractivity contribution in [3.63, 3.8) is 0 Å². The number of nitrogens with two attached hydrogens (primary N) is 1. The van der Waals surface area contributed by atoms with Gasteiger partial charge in [-0.05, 0) is 18.4 Å². The zero-order valence-corrected chi connectivity index (χ0v) is 22.9. The molecule has 1 saturated heterocycles. The second-order valence-electron chi connectivity index (χ2n) is 9.42. The van der Waals surface area contributed by atoms with Crippen molar-refractivity contribution in [3.8, 4) is 0 Å². The average molecular weight is 583 g/mol. The predicted molar refractivity (Wildman–Crippen MR) is 140 cm³/mol. The van der Waals surface area contributed by atoms with Crippen molar-refractivity contribution in [1.29, 1.82) is 0 Å². The van der Waals surface area contributed by atoms with E-state index in [1.807, 2.05) is 6.07 Å². The molecule has 1 fully saturated rings. The van der Waals surface area contributed by atoms with Crippen LogP contribution in [0.4, 0.5) is 0 Å². The van der Waals surface area contributed by atoms with Gasteiger partial charge in [0.2, 0.25) is 23.6 Å². The van der Waals surface area contributed by atoms with Gasteiger partial charge in [0.05, 0.1) is 6.61 Å². The van der Waals surface area contributed by atoms with Crippen molar-refractivity contribution >= 4 is 29.6 Å². The van der Waals surface area contributed by atoms with Gasteiger partial charge in [-0.1, -0.05) is 37.3 Å². The molecule has 7 atom stereocenters. The molecule has 1 unspecified atom stereocenters. The molecule has 15 nitrogen and oxygen atoms in total. The Bertz CT molecular complexity index is 1040. The maximum atomic E-state index is 12.8. The Morgan fingerprint density at radius 1 is 1.07 bits per heavy atom. The Balaban J connectivity index is 1.90. The summed E-state index contributed by atoms with van der Waals surface area (Å²) >= 11 is 0. The van der Waals surface area contributed by atoms with Crippen LogP contribution in [0.2, 0.25) is 0 Å². The summed E-state index contributed by atoms with van der Waals surface area (Å²) in [5.74, 6) is -3.56. The second kappa shape index (κ2) is 16.6. The number of hydrogen-bond acceptors (Lipinski definition) is 11. The van der Waals surface area contributed by atoms with E-state index in [2.05, 4.69) is 16.0 Å². The molecule has 41 heavy (non-hydrogen) atoms.